The van der Waals surface area contributed by atoms with E-state index in [1.54, 1.807) is 30.3 Å². The standard InChI is InChI=1S/C54H66ClN11O5/c1-5-33-10-11-36(42(55)22-33)27-57-50(70)45-23-40(67)32-66(45)51(71)47(53(2,3)4)60-49(69)35-12-16-54(17-13-35)25-38(26-54)63-18-14-34(15-19-63)37-28-58-52(59-29-37)64-20-21-65-39(31-64)30-56-48-44(65)24-43(61-62-48)41-8-6-7-9-46(41)68/h1,6-11,22,24,28-29,34-35,38-40,45,47,67-68H,12-21,23,25-27,30-32H2,2-4H3,(H,56,62)(H,57,70)(H,60,69)/t35?,38?,39-,40+,45-,47+,54?/m0/s1. The number of terminal acetylenes is 1. The second-order valence-corrected chi connectivity index (χ2v) is 22.4. The van der Waals surface area contributed by atoms with Crippen molar-refractivity contribution in [2.75, 3.05) is 60.9 Å². The number of nitrogens with zero attached hydrogens (tertiary/aromatic N) is 8. The molecule has 6 aliphatic rings. The number of rotatable bonds is 10. The SMILES string of the molecule is C#Cc1ccc(CNC(=O)[C@@H]2C[C@@H](O)CN2C(=O)[C@@H](NC(=O)C2CCC3(CC2)CC(N2CCC(c4cnc(N5CCN6c7cc(-c8ccccc8O)nnc7NC[C@H]6C5)nc4)CC2)C3)C(C)(C)C)c(Cl)c1. The molecule has 2 aliphatic carbocycles. The lowest BCUT2D eigenvalue weighted by atomic mass is 9.56. The number of anilines is 3. The van der Waals surface area contributed by atoms with E-state index < -0.39 is 23.6 Å². The van der Waals surface area contributed by atoms with Crippen molar-refractivity contribution < 1.29 is 24.6 Å². The summed E-state index contributed by atoms with van der Waals surface area (Å²) in [5.41, 5.74) is 4.48. The largest absolute Gasteiger partial charge is 0.507 e. The van der Waals surface area contributed by atoms with Crippen LogP contribution < -0.4 is 25.8 Å². The Bertz CT molecular complexity index is 2670. The summed E-state index contributed by atoms with van der Waals surface area (Å²) in [5.74, 6) is 3.65. The van der Waals surface area contributed by atoms with E-state index in [1.807, 2.05) is 51.4 Å². The highest BCUT2D eigenvalue weighted by Gasteiger charge is 2.50. The average molecular weight is 985 g/mol. The van der Waals surface area contributed by atoms with Crippen molar-refractivity contribution in [2.24, 2.45) is 16.7 Å². The Labute approximate surface area is 421 Å². The van der Waals surface area contributed by atoms with Crippen LogP contribution in [0.5, 0.6) is 5.75 Å². The molecule has 2 aromatic heterocycles. The summed E-state index contributed by atoms with van der Waals surface area (Å²) in [6.07, 6.45) is 16.9. The lowest BCUT2D eigenvalue weighted by Gasteiger charge is -2.55. The molecule has 6 heterocycles. The zero-order chi connectivity index (χ0) is 49.6. The fourth-order valence-corrected chi connectivity index (χ4v) is 12.4. The maximum Gasteiger partial charge on any atom is 0.246 e. The number of hydrogen-bond acceptors (Lipinski definition) is 13. The number of piperazine rings is 1. The third-order valence-electron chi connectivity index (χ3n) is 16.4. The number of halogens is 1. The van der Waals surface area contributed by atoms with Gasteiger partial charge in [-0.25, -0.2) is 9.97 Å². The van der Waals surface area contributed by atoms with Gasteiger partial charge in [0.05, 0.1) is 23.5 Å². The van der Waals surface area contributed by atoms with E-state index in [2.05, 4.69) is 46.8 Å². The summed E-state index contributed by atoms with van der Waals surface area (Å²) in [7, 11) is 0. The van der Waals surface area contributed by atoms with Crippen molar-refractivity contribution in [1.82, 2.24) is 40.6 Å². The van der Waals surface area contributed by atoms with Crippen LogP contribution in [0, 0.1) is 29.1 Å². The molecule has 5 N–H and O–H groups in total. The number of aromatic nitrogens is 4. The third kappa shape index (κ3) is 10.1. The molecule has 5 fully saturated rings. The molecule has 374 valence electrons. The van der Waals surface area contributed by atoms with Gasteiger partial charge in [-0.15, -0.1) is 16.6 Å². The molecule has 1 spiro atoms. The average Bonchev–Trinajstić information content (AvgIpc) is 3.77. The van der Waals surface area contributed by atoms with Crippen molar-refractivity contribution in [1.29, 1.82) is 0 Å². The lowest BCUT2D eigenvalue weighted by molar-refractivity contribution is -0.145. The topological polar surface area (TPSA) is 192 Å². The smallest absolute Gasteiger partial charge is 0.246 e. The van der Waals surface area contributed by atoms with Crippen molar-refractivity contribution in [2.45, 2.75) is 121 Å². The monoisotopic (exact) mass is 983 g/mol. The van der Waals surface area contributed by atoms with Gasteiger partial charge in [-0.1, -0.05) is 56.5 Å². The Morgan fingerprint density at radius 2 is 1.69 bits per heavy atom. The molecule has 71 heavy (non-hydrogen) atoms. The van der Waals surface area contributed by atoms with Crippen LogP contribution in [0.1, 0.15) is 101 Å². The molecule has 3 amide bonds. The van der Waals surface area contributed by atoms with Gasteiger partial charge in [0.25, 0.3) is 0 Å². The van der Waals surface area contributed by atoms with Crippen molar-refractivity contribution >= 4 is 46.8 Å². The summed E-state index contributed by atoms with van der Waals surface area (Å²) in [4.78, 5) is 60.3. The van der Waals surface area contributed by atoms with Gasteiger partial charge >= 0.3 is 0 Å². The fraction of sp³-hybridized carbons (Fsp3) is 0.537. The highest BCUT2D eigenvalue weighted by atomic mass is 35.5. The van der Waals surface area contributed by atoms with Crippen LogP contribution in [0.2, 0.25) is 5.02 Å². The van der Waals surface area contributed by atoms with Crippen LogP contribution in [0.15, 0.2) is 60.9 Å². The van der Waals surface area contributed by atoms with Gasteiger partial charge in [0.1, 0.15) is 17.8 Å². The summed E-state index contributed by atoms with van der Waals surface area (Å²) >= 11 is 6.39. The molecule has 4 aliphatic heterocycles. The van der Waals surface area contributed by atoms with E-state index in [1.165, 1.54) is 10.5 Å². The number of β-amino-alcohol motifs (C(OH)–C–C–N with tert-alkyl or cyclic N) is 1. The van der Waals surface area contributed by atoms with E-state index in [0.29, 0.717) is 39.4 Å². The zero-order valence-corrected chi connectivity index (χ0v) is 41.7. The predicted molar refractivity (Wildman–Crippen MR) is 273 cm³/mol. The van der Waals surface area contributed by atoms with Crippen molar-refractivity contribution in [3.63, 3.8) is 0 Å². The van der Waals surface area contributed by atoms with Crippen LogP contribution in [-0.4, -0.2) is 134 Å². The number of carbonyl (C=O) groups excluding carboxylic acids is 3. The Hall–Kier alpha value is -6.02. The number of piperidine rings is 1. The first kappa shape index (κ1) is 48.6. The number of nitrogens with one attached hydrogen (secondary N) is 3. The van der Waals surface area contributed by atoms with Gasteiger partial charge < -0.3 is 45.8 Å². The minimum atomic E-state index is -0.880. The van der Waals surface area contributed by atoms with E-state index in [4.69, 9.17) is 28.0 Å². The quantitative estimate of drug-likeness (QED) is 0.121. The summed E-state index contributed by atoms with van der Waals surface area (Å²) in [6, 6.07) is 13.4. The highest BCUT2D eigenvalue weighted by Crippen LogP contribution is 2.55. The number of amides is 3. The summed E-state index contributed by atoms with van der Waals surface area (Å²) < 4.78 is 0. The van der Waals surface area contributed by atoms with Crippen molar-refractivity contribution in [3.8, 4) is 29.4 Å². The Kier molecular flexibility index (Phi) is 13.6. The number of benzene rings is 2. The minimum absolute atomic E-state index is 0.0147. The first-order valence-corrected chi connectivity index (χ1v) is 25.8. The molecule has 17 heteroatoms. The van der Waals surface area contributed by atoms with Crippen LogP contribution in [-0.2, 0) is 20.9 Å². The molecule has 3 saturated heterocycles. The highest BCUT2D eigenvalue weighted by molar-refractivity contribution is 6.31. The second kappa shape index (κ2) is 19.9. The first-order valence-electron chi connectivity index (χ1n) is 25.4. The van der Waals surface area contributed by atoms with E-state index in [0.717, 1.165) is 108 Å². The molecule has 0 bridgehead atoms. The molecule has 2 aromatic carbocycles. The lowest BCUT2D eigenvalue weighted by Crippen LogP contribution is -2.59. The van der Waals surface area contributed by atoms with E-state index in [9.17, 15) is 24.6 Å². The number of phenolic OH excluding ortho intramolecular Hbond substituents is 1. The number of aliphatic hydroxyl groups is 1. The van der Waals surface area contributed by atoms with Crippen molar-refractivity contribution in [3.05, 3.63) is 82.6 Å². The number of para-hydroxylation sites is 1. The second-order valence-electron chi connectivity index (χ2n) is 22.0. The van der Waals surface area contributed by atoms with Crippen LogP contribution in [0.4, 0.5) is 17.5 Å². The van der Waals surface area contributed by atoms with Crippen LogP contribution >= 0.6 is 11.6 Å². The van der Waals surface area contributed by atoms with Gasteiger partial charge in [0.2, 0.25) is 23.7 Å². The molecule has 4 aromatic rings. The molecule has 10 rings (SSSR count). The molecule has 0 unspecified atom stereocenters. The number of phenols is 1. The number of fused-ring (bicyclic) bond motifs is 3. The van der Waals surface area contributed by atoms with Gasteiger partial charge in [-0.2, -0.15) is 0 Å². The number of aromatic hydroxyl groups is 1. The van der Waals surface area contributed by atoms with E-state index >= 15 is 0 Å². The number of likely N-dealkylation sites (tertiary alicyclic amines) is 2. The molecular formula is C54H66ClN11O5. The Morgan fingerprint density at radius 3 is 2.39 bits per heavy atom. The van der Waals surface area contributed by atoms with Gasteiger partial charge in [-0.05, 0) is 123 Å². The number of hydrogen-bond donors (Lipinski definition) is 5. The Balaban J connectivity index is 0.669. The first-order chi connectivity index (χ1) is 34.1. The maximum absolute atomic E-state index is 14.3. The predicted octanol–water partition coefficient (Wildman–Crippen LogP) is 5.72. The van der Waals surface area contributed by atoms with Gasteiger partial charge in [0.15, 0.2) is 5.82 Å². The fourth-order valence-electron chi connectivity index (χ4n) is 12.2. The molecule has 0 radical (unpaired) electrons. The number of aliphatic hydroxyl groups excluding tert-OH is 1. The Morgan fingerprint density at radius 1 is 0.944 bits per heavy atom. The normalized spacial score (nSPS) is 26.1. The number of carbonyl (C=O) groups is 3. The van der Waals surface area contributed by atoms with Crippen LogP contribution in [0.3, 0.4) is 0 Å². The molecular weight excluding hydrogens is 918 g/mol. The summed E-state index contributed by atoms with van der Waals surface area (Å²) in [6.45, 7) is 11.1. The van der Waals surface area contributed by atoms with E-state index in [-0.39, 0.29) is 60.4 Å². The molecule has 16 nitrogen and oxygen atoms in total. The summed E-state index contributed by atoms with van der Waals surface area (Å²) in [5, 5.41) is 39.9. The van der Waals surface area contributed by atoms with Gasteiger partial charge in [-0.3, -0.25) is 14.4 Å². The minimum Gasteiger partial charge on any atom is -0.507 e. The van der Waals surface area contributed by atoms with Crippen LogP contribution in [0.25, 0.3) is 11.3 Å². The zero-order valence-electron chi connectivity index (χ0n) is 41.0. The van der Waals surface area contributed by atoms with Gasteiger partial charge in [0, 0.05) is 86.2 Å². The maximum atomic E-state index is 14.3. The molecule has 2 saturated carbocycles. The third-order valence-corrected chi connectivity index (χ3v) is 16.8. The molecule has 4 atom stereocenters.